The maximum Gasteiger partial charge on any atom is 0.0470 e. The van der Waals surface area contributed by atoms with E-state index in [0.717, 1.165) is 19.0 Å². The van der Waals surface area contributed by atoms with Gasteiger partial charge in [0.05, 0.1) is 0 Å². The number of nitrogens with zero attached hydrogens (tertiary/aromatic N) is 1. The van der Waals surface area contributed by atoms with Crippen molar-refractivity contribution in [2.24, 2.45) is 11.7 Å². The van der Waals surface area contributed by atoms with Gasteiger partial charge in [-0.25, -0.2) is 0 Å². The Morgan fingerprint density at radius 2 is 1.55 bits per heavy atom. The minimum atomic E-state index is 0.343. The minimum Gasteiger partial charge on any atom is -0.329 e. The van der Waals surface area contributed by atoms with Gasteiger partial charge in [-0.05, 0) is 29.5 Å². The Hall–Kier alpha value is -0.860. The van der Waals surface area contributed by atoms with E-state index >= 15 is 0 Å². The summed E-state index contributed by atoms with van der Waals surface area (Å²) < 4.78 is 0. The standard InChI is InChI=1S/C18H32N2/c1-6-15(5)13-20(7-2)18(12-19)17-10-8-16(9-11-17)14(3)4/h8-11,14-15,18H,6-7,12-13,19H2,1-5H3. The van der Waals surface area contributed by atoms with E-state index in [9.17, 15) is 0 Å². The molecule has 0 aromatic heterocycles. The molecule has 0 aliphatic heterocycles. The molecule has 0 amide bonds. The van der Waals surface area contributed by atoms with Crippen LogP contribution in [0.3, 0.4) is 0 Å². The van der Waals surface area contributed by atoms with E-state index in [0.29, 0.717) is 18.5 Å². The van der Waals surface area contributed by atoms with Crippen LogP contribution in [0.4, 0.5) is 0 Å². The molecule has 0 aliphatic carbocycles. The molecule has 0 fully saturated rings. The van der Waals surface area contributed by atoms with Gasteiger partial charge in [0, 0.05) is 19.1 Å². The number of rotatable bonds is 8. The van der Waals surface area contributed by atoms with Crippen molar-refractivity contribution in [1.82, 2.24) is 4.90 Å². The van der Waals surface area contributed by atoms with Crippen molar-refractivity contribution in [2.45, 2.75) is 53.0 Å². The summed E-state index contributed by atoms with van der Waals surface area (Å²) in [6, 6.07) is 9.35. The third-order valence-corrected chi connectivity index (χ3v) is 4.30. The van der Waals surface area contributed by atoms with Crippen LogP contribution in [-0.4, -0.2) is 24.5 Å². The Kier molecular flexibility index (Phi) is 7.25. The molecule has 0 spiro atoms. The maximum atomic E-state index is 6.05. The van der Waals surface area contributed by atoms with Gasteiger partial charge in [0.15, 0.2) is 0 Å². The maximum absolute atomic E-state index is 6.05. The van der Waals surface area contributed by atoms with E-state index in [1.165, 1.54) is 17.5 Å². The van der Waals surface area contributed by atoms with Gasteiger partial charge in [-0.1, -0.05) is 65.3 Å². The van der Waals surface area contributed by atoms with Crippen LogP contribution in [-0.2, 0) is 0 Å². The highest BCUT2D eigenvalue weighted by molar-refractivity contribution is 5.27. The molecule has 2 atom stereocenters. The SMILES string of the molecule is CCC(C)CN(CC)C(CN)c1ccc(C(C)C)cc1. The average molecular weight is 276 g/mol. The molecule has 0 aliphatic rings. The molecule has 0 heterocycles. The van der Waals surface area contributed by atoms with E-state index in [-0.39, 0.29) is 0 Å². The van der Waals surface area contributed by atoms with Crippen LogP contribution >= 0.6 is 0 Å². The molecule has 1 aromatic carbocycles. The third kappa shape index (κ3) is 4.60. The Morgan fingerprint density at radius 1 is 1.00 bits per heavy atom. The second kappa shape index (κ2) is 8.43. The smallest absolute Gasteiger partial charge is 0.0470 e. The molecule has 0 radical (unpaired) electrons. The van der Waals surface area contributed by atoms with Crippen molar-refractivity contribution in [3.8, 4) is 0 Å². The van der Waals surface area contributed by atoms with Gasteiger partial charge >= 0.3 is 0 Å². The quantitative estimate of drug-likeness (QED) is 0.772. The molecule has 2 N–H and O–H groups in total. The fourth-order valence-corrected chi connectivity index (χ4v) is 2.61. The van der Waals surface area contributed by atoms with Gasteiger partial charge in [-0.3, -0.25) is 4.90 Å². The highest BCUT2D eigenvalue weighted by atomic mass is 15.2. The first kappa shape index (κ1) is 17.2. The number of hydrogen-bond acceptors (Lipinski definition) is 2. The monoisotopic (exact) mass is 276 g/mol. The average Bonchev–Trinajstić information content (AvgIpc) is 2.47. The summed E-state index contributed by atoms with van der Waals surface area (Å²) in [5.41, 5.74) is 8.80. The van der Waals surface area contributed by atoms with E-state index in [2.05, 4.69) is 63.8 Å². The zero-order chi connectivity index (χ0) is 15.1. The summed E-state index contributed by atoms with van der Waals surface area (Å²) in [5.74, 6) is 1.31. The lowest BCUT2D eigenvalue weighted by molar-refractivity contribution is 0.182. The van der Waals surface area contributed by atoms with Crippen molar-refractivity contribution >= 4 is 0 Å². The Labute approximate surface area is 125 Å². The first-order valence-electron chi connectivity index (χ1n) is 8.07. The summed E-state index contributed by atoms with van der Waals surface area (Å²) in [7, 11) is 0. The molecule has 20 heavy (non-hydrogen) atoms. The second-order valence-corrected chi connectivity index (χ2v) is 6.17. The molecule has 0 bridgehead atoms. The molecule has 0 saturated carbocycles. The van der Waals surface area contributed by atoms with Gasteiger partial charge < -0.3 is 5.73 Å². The highest BCUT2D eigenvalue weighted by Gasteiger charge is 2.19. The van der Waals surface area contributed by atoms with Crippen molar-refractivity contribution in [1.29, 1.82) is 0 Å². The Morgan fingerprint density at radius 3 is 1.95 bits per heavy atom. The normalized spacial score (nSPS) is 14.8. The van der Waals surface area contributed by atoms with Crippen molar-refractivity contribution in [2.75, 3.05) is 19.6 Å². The molecule has 0 saturated heterocycles. The lowest BCUT2D eigenvalue weighted by Crippen LogP contribution is -2.36. The molecule has 1 aromatic rings. The van der Waals surface area contributed by atoms with E-state index in [4.69, 9.17) is 5.73 Å². The van der Waals surface area contributed by atoms with E-state index in [1.54, 1.807) is 0 Å². The zero-order valence-electron chi connectivity index (χ0n) is 13.9. The van der Waals surface area contributed by atoms with E-state index in [1.807, 2.05) is 0 Å². The highest BCUT2D eigenvalue weighted by Crippen LogP contribution is 2.23. The zero-order valence-corrected chi connectivity index (χ0v) is 13.9. The summed E-state index contributed by atoms with van der Waals surface area (Å²) in [6.07, 6.45) is 1.22. The lowest BCUT2D eigenvalue weighted by Gasteiger charge is -2.32. The number of nitrogens with two attached hydrogens (primary N) is 1. The van der Waals surface area contributed by atoms with Crippen LogP contribution in [0.1, 0.15) is 64.1 Å². The summed E-state index contributed by atoms with van der Waals surface area (Å²) in [5, 5.41) is 0. The Balaban J connectivity index is 2.87. The number of hydrogen-bond donors (Lipinski definition) is 1. The van der Waals surface area contributed by atoms with Crippen LogP contribution in [0.5, 0.6) is 0 Å². The van der Waals surface area contributed by atoms with Crippen LogP contribution in [0, 0.1) is 5.92 Å². The van der Waals surface area contributed by atoms with Crippen molar-refractivity contribution in [3.63, 3.8) is 0 Å². The number of likely N-dealkylation sites (N-methyl/N-ethyl adjacent to an activating group) is 1. The molecule has 2 unspecified atom stereocenters. The molecular formula is C18H32N2. The van der Waals surface area contributed by atoms with Gasteiger partial charge in [0.25, 0.3) is 0 Å². The topological polar surface area (TPSA) is 29.3 Å². The third-order valence-electron chi connectivity index (χ3n) is 4.30. The molecular weight excluding hydrogens is 244 g/mol. The van der Waals surface area contributed by atoms with Gasteiger partial charge in [-0.15, -0.1) is 0 Å². The summed E-state index contributed by atoms with van der Waals surface area (Å²) >= 11 is 0. The minimum absolute atomic E-state index is 0.343. The van der Waals surface area contributed by atoms with E-state index < -0.39 is 0 Å². The first-order chi connectivity index (χ1) is 9.53. The van der Waals surface area contributed by atoms with Gasteiger partial charge in [-0.2, -0.15) is 0 Å². The van der Waals surface area contributed by atoms with Gasteiger partial charge in [0.1, 0.15) is 0 Å². The van der Waals surface area contributed by atoms with Gasteiger partial charge in [0.2, 0.25) is 0 Å². The molecule has 114 valence electrons. The van der Waals surface area contributed by atoms with Crippen LogP contribution in [0.2, 0.25) is 0 Å². The largest absolute Gasteiger partial charge is 0.329 e. The van der Waals surface area contributed by atoms with Crippen LogP contribution in [0.15, 0.2) is 24.3 Å². The van der Waals surface area contributed by atoms with Crippen LogP contribution in [0.25, 0.3) is 0 Å². The summed E-state index contributed by atoms with van der Waals surface area (Å²) in [6.45, 7) is 14.1. The second-order valence-electron chi connectivity index (χ2n) is 6.17. The molecule has 2 nitrogen and oxygen atoms in total. The molecule has 1 rings (SSSR count). The fraction of sp³-hybridized carbons (Fsp3) is 0.667. The molecule has 2 heteroatoms. The van der Waals surface area contributed by atoms with Crippen molar-refractivity contribution in [3.05, 3.63) is 35.4 Å². The Bertz CT molecular complexity index is 370. The fourth-order valence-electron chi connectivity index (χ4n) is 2.61. The van der Waals surface area contributed by atoms with Crippen LogP contribution < -0.4 is 5.73 Å². The predicted octanol–water partition coefficient (Wildman–Crippen LogP) is 4.18. The predicted molar refractivity (Wildman–Crippen MR) is 89.0 cm³/mol. The summed E-state index contributed by atoms with van der Waals surface area (Å²) in [4.78, 5) is 2.51. The lowest BCUT2D eigenvalue weighted by atomic mass is 9.97. The van der Waals surface area contributed by atoms with Crippen molar-refractivity contribution < 1.29 is 0 Å². The first-order valence-corrected chi connectivity index (χ1v) is 8.07. The number of benzene rings is 1.